The van der Waals surface area contributed by atoms with Crippen LogP contribution < -0.4 is 5.11 Å². The van der Waals surface area contributed by atoms with E-state index in [2.05, 4.69) is 196 Å². The van der Waals surface area contributed by atoms with Crippen LogP contribution in [0.5, 0.6) is 0 Å². The number of allylic oxidation sites excluding steroid dienone is 30. The summed E-state index contributed by atoms with van der Waals surface area (Å²) in [5.41, 5.74) is 0. The molecule has 536 valence electrons. The second-order valence-corrected chi connectivity index (χ2v) is 25.8. The van der Waals surface area contributed by atoms with E-state index in [4.69, 9.17) is 18.9 Å². The molecule has 0 bridgehead atoms. The SMILES string of the molecule is CC/C=C\C/C=C\C/C=C\C/C=C\C/C=C\C/C=C\C/C=C\C/C=C\CCCCCCCCC(=O)OC(COC(=O)CCCCCCCCCCCCCCCCCCC/C=C\C/C=C\C/C=C\C/C=C\C/C=C\C/C=C\C/C=C\CC)COC(OCC[N+](C)(C)C)C(=O)[O-]. The van der Waals surface area contributed by atoms with E-state index in [-0.39, 0.29) is 38.6 Å². The molecule has 0 rings (SSSR count). The largest absolute Gasteiger partial charge is 0.545 e. The number of aliphatic carboxylic acids is 1. The van der Waals surface area contributed by atoms with Crippen molar-refractivity contribution in [3.63, 3.8) is 0 Å². The van der Waals surface area contributed by atoms with Gasteiger partial charge in [-0.1, -0.05) is 318 Å². The third-order valence-corrected chi connectivity index (χ3v) is 15.6. The van der Waals surface area contributed by atoms with Gasteiger partial charge < -0.3 is 33.3 Å². The predicted octanol–water partition coefficient (Wildman–Crippen LogP) is 23.0. The summed E-state index contributed by atoms with van der Waals surface area (Å²) in [6.07, 6.45) is 110. The van der Waals surface area contributed by atoms with E-state index >= 15 is 0 Å². The molecule has 95 heavy (non-hydrogen) atoms. The summed E-state index contributed by atoms with van der Waals surface area (Å²) in [7, 11) is 5.92. The van der Waals surface area contributed by atoms with Crippen LogP contribution in [0.3, 0.4) is 0 Å². The Balaban J connectivity index is 4.13. The van der Waals surface area contributed by atoms with Gasteiger partial charge in [-0.2, -0.15) is 0 Å². The molecule has 0 fully saturated rings. The van der Waals surface area contributed by atoms with E-state index in [1.807, 2.05) is 21.1 Å². The second-order valence-electron chi connectivity index (χ2n) is 25.8. The Morgan fingerprint density at radius 1 is 0.316 bits per heavy atom. The Kier molecular flexibility index (Phi) is 69.8. The van der Waals surface area contributed by atoms with E-state index in [1.165, 1.54) is 96.3 Å². The summed E-state index contributed by atoms with van der Waals surface area (Å²) in [6.45, 7) is 4.50. The smallest absolute Gasteiger partial charge is 0.306 e. The summed E-state index contributed by atoms with van der Waals surface area (Å²) in [5.74, 6) is -2.31. The van der Waals surface area contributed by atoms with Gasteiger partial charge in [0.15, 0.2) is 12.4 Å². The fourth-order valence-corrected chi connectivity index (χ4v) is 9.95. The van der Waals surface area contributed by atoms with Crippen molar-refractivity contribution in [1.29, 1.82) is 0 Å². The molecule has 0 spiro atoms. The molecule has 0 aliphatic heterocycles. The summed E-state index contributed by atoms with van der Waals surface area (Å²) in [5, 5.41) is 11.9. The Bertz CT molecular complexity index is 2220. The first kappa shape index (κ1) is 89.4. The number of carbonyl (C=O) groups excluding carboxylic acids is 3. The van der Waals surface area contributed by atoms with Crippen molar-refractivity contribution in [2.75, 3.05) is 47.5 Å². The number of hydrogen-bond acceptors (Lipinski definition) is 8. The molecule has 9 heteroatoms. The van der Waals surface area contributed by atoms with Gasteiger partial charge in [0, 0.05) is 12.8 Å². The number of likely N-dealkylation sites (N-methyl/N-ethyl adjacent to an activating group) is 1. The number of ether oxygens (including phenoxy) is 4. The van der Waals surface area contributed by atoms with Crippen LogP contribution in [0.25, 0.3) is 0 Å². The molecule has 0 aliphatic rings. The maximum Gasteiger partial charge on any atom is 0.306 e. The third kappa shape index (κ3) is 75.6. The molecule has 9 nitrogen and oxygen atoms in total. The number of quaternary nitrogens is 1. The lowest BCUT2D eigenvalue weighted by Crippen LogP contribution is -2.44. The minimum atomic E-state index is -1.64. The van der Waals surface area contributed by atoms with Crippen molar-refractivity contribution in [1.82, 2.24) is 0 Å². The molecule has 0 aliphatic carbocycles. The zero-order chi connectivity index (χ0) is 69.0. The van der Waals surface area contributed by atoms with E-state index in [1.54, 1.807) is 0 Å². The quantitative estimate of drug-likeness (QED) is 0.0195. The van der Waals surface area contributed by atoms with E-state index in [0.29, 0.717) is 17.4 Å². The minimum absolute atomic E-state index is 0.136. The Hall–Kier alpha value is -5.61. The number of nitrogens with zero attached hydrogens (tertiary/aromatic N) is 1. The van der Waals surface area contributed by atoms with Crippen molar-refractivity contribution in [3.8, 4) is 0 Å². The Morgan fingerprint density at radius 3 is 0.842 bits per heavy atom. The number of carboxylic acid groups (broad SMARTS) is 1. The molecule has 2 unspecified atom stereocenters. The van der Waals surface area contributed by atoms with Gasteiger partial charge in [0.2, 0.25) is 0 Å². The maximum absolute atomic E-state index is 13.0. The number of rotatable bonds is 68. The fourth-order valence-electron chi connectivity index (χ4n) is 9.95. The fraction of sp³-hybridized carbons (Fsp3) is 0.616. The molecular formula is C86H139NO8. The topological polar surface area (TPSA) is 111 Å². The lowest BCUT2D eigenvalue weighted by Gasteiger charge is -2.26. The molecule has 0 aromatic rings. The van der Waals surface area contributed by atoms with E-state index in [9.17, 15) is 19.5 Å². The highest BCUT2D eigenvalue weighted by molar-refractivity contribution is 5.70. The zero-order valence-electron chi connectivity index (χ0n) is 61.2. The predicted molar refractivity (Wildman–Crippen MR) is 407 cm³/mol. The lowest BCUT2D eigenvalue weighted by atomic mass is 10.0. The average Bonchev–Trinajstić information content (AvgIpc) is 3.24. The van der Waals surface area contributed by atoms with E-state index < -0.39 is 24.3 Å². The molecule has 0 heterocycles. The summed E-state index contributed by atoms with van der Waals surface area (Å²) in [6, 6.07) is 0. The van der Waals surface area contributed by atoms with Crippen LogP contribution in [-0.4, -0.2) is 82.3 Å². The van der Waals surface area contributed by atoms with Gasteiger partial charge in [-0.05, 0) is 135 Å². The number of carboxylic acids is 1. The summed E-state index contributed by atoms with van der Waals surface area (Å²) in [4.78, 5) is 37.6. The first-order valence-electron chi connectivity index (χ1n) is 37.9. The lowest BCUT2D eigenvalue weighted by molar-refractivity contribution is -0.870. The van der Waals surface area contributed by atoms with Crippen molar-refractivity contribution >= 4 is 17.9 Å². The summed E-state index contributed by atoms with van der Waals surface area (Å²) >= 11 is 0. The molecule has 0 aromatic heterocycles. The molecule has 0 N–H and O–H groups in total. The van der Waals surface area contributed by atoms with Gasteiger partial charge in [-0.3, -0.25) is 9.59 Å². The van der Waals surface area contributed by atoms with Gasteiger partial charge in [0.05, 0.1) is 40.3 Å². The molecule has 0 saturated heterocycles. The van der Waals surface area contributed by atoms with Crippen LogP contribution in [0.15, 0.2) is 182 Å². The molecule has 0 aromatic carbocycles. The van der Waals surface area contributed by atoms with Crippen molar-refractivity contribution in [3.05, 3.63) is 182 Å². The monoisotopic (exact) mass is 1310 g/mol. The summed E-state index contributed by atoms with van der Waals surface area (Å²) < 4.78 is 22.8. The molecule has 0 radical (unpaired) electrons. The normalized spacial score (nSPS) is 13.7. The Morgan fingerprint density at radius 2 is 0.568 bits per heavy atom. The highest BCUT2D eigenvalue weighted by atomic mass is 16.7. The van der Waals surface area contributed by atoms with Crippen LogP contribution in [0.1, 0.15) is 284 Å². The van der Waals surface area contributed by atoms with Gasteiger partial charge in [-0.25, -0.2) is 0 Å². The highest BCUT2D eigenvalue weighted by Gasteiger charge is 2.22. The van der Waals surface area contributed by atoms with Crippen LogP contribution in [0.2, 0.25) is 0 Å². The standard InChI is InChI=1S/C86H139NO8/c1-6-8-10-12-14-16-18-20-22-24-26-28-30-32-34-36-38-39-40-41-42-43-44-45-47-48-50-52-54-56-58-60-62-64-66-68-70-72-74-76-83(88)93-80-82(81-94-86(85(90)91)92-79-78-87(3,4)5)95-84(89)77-75-73-71-69-67-65-63-61-59-57-55-53-51-49-46-37-35-33-31-29-27-25-23-21-19-17-15-13-11-9-7-2/h8-11,14-17,20-23,26-29,32-35,38-39,41-42,46,49,53,55,59,61,82,86H,6-7,12-13,18-19,24-25,30-31,36-37,40,43-45,47-48,50-52,54,56-58,60,62-81H2,1-5H3/b10-8-,11-9-,16-14-,17-15-,22-20-,23-21-,28-26-,29-27-,34-32-,35-33-,39-38-,42-41-,49-46-,55-53-,61-59-. The van der Waals surface area contributed by atoms with Crippen molar-refractivity contribution in [2.24, 2.45) is 0 Å². The second kappa shape index (κ2) is 74.2. The van der Waals surface area contributed by atoms with Crippen molar-refractivity contribution < 1.29 is 42.9 Å². The van der Waals surface area contributed by atoms with Gasteiger partial charge in [0.25, 0.3) is 0 Å². The van der Waals surface area contributed by atoms with Crippen LogP contribution in [0.4, 0.5) is 0 Å². The van der Waals surface area contributed by atoms with E-state index in [0.717, 1.165) is 154 Å². The van der Waals surface area contributed by atoms with Crippen molar-refractivity contribution in [2.45, 2.75) is 296 Å². The average molecular weight is 1320 g/mol. The third-order valence-electron chi connectivity index (χ3n) is 15.6. The van der Waals surface area contributed by atoms with Crippen LogP contribution in [-0.2, 0) is 33.3 Å². The first-order chi connectivity index (χ1) is 46.6. The minimum Gasteiger partial charge on any atom is -0.545 e. The maximum atomic E-state index is 13.0. The van der Waals surface area contributed by atoms with Crippen LogP contribution >= 0.6 is 0 Å². The highest BCUT2D eigenvalue weighted by Crippen LogP contribution is 2.17. The van der Waals surface area contributed by atoms with Crippen LogP contribution in [0, 0.1) is 0 Å². The number of unbranched alkanes of at least 4 members (excludes halogenated alkanes) is 23. The first-order valence-corrected chi connectivity index (χ1v) is 37.9. The van der Waals surface area contributed by atoms with Gasteiger partial charge >= 0.3 is 11.9 Å². The Labute approximate surface area is 583 Å². The number of carbonyl (C=O) groups is 3. The van der Waals surface area contributed by atoms with Gasteiger partial charge in [0.1, 0.15) is 13.2 Å². The molecule has 2 atom stereocenters. The van der Waals surface area contributed by atoms with Gasteiger partial charge in [-0.15, -0.1) is 0 Å². The molecule has 0 saturated carbocycles. The molecule has 0 amide bonds. The number of esters is 2. The molecular weight excluding hydrogens is 1170 g/mol. The zero-order valence-corrected chi connectivity index (χ0v) is 61.2. The number of hydrogen-bond donors (Lipinski definition) is 0.